The van der Waals surface area contributed by atoms with E-state index in [9.17, 15) is 14.7 Å². The topological polar surface area (TPSA) is 70.1 Å². The Labute approximate surface area is 187 Å². The molecule has 2 saturated heterocycles. The molecule has 0 unspecified atom stereocenters. The minimum Gasteiger partial charge on any atom is -0.508 e. The Morgan fingerprint density at radius 2 is 1.65 bits per heavy atom. The molecule has 0 radical (unpaired) electrons. The maximum atomic E-state index is 13.6. The second-order valence-electron chi connectivity index (χ2n) is 7.66. The molecule has 6 nitrogen and oxygen atoms in total. The number of aromatic hydroxyl groups is 1. The minimum absolute atomic E-state index is 0.0352. The molecule has 156 valence electrons. The maximum absolute atomic E-state index is 13.6. The first-order valence-corrected chi connectivity index (χ1v) is 10.7. The summed E-state index contributed by atoms with van der Waals surface area (Å²) < 4.78 is 0.754. The van der Waals surface area contributed by atoms with Gasteiger partial charge in [0.2, 0.25) is 5.91 Å². The number of imide groups is 1. The van der Waals surface area contributed by atoms with Gasteiger partial charge in [-0.3, -0.25) is 14.4 Å². The number of amides is 2. The number of carbonyl (C=O) groups is 2. The third-order valence-corrected chi connectivity index (χ3v) is 6.28. The van der Waals surface area contributed by atoms with Crippen LogP contribution in [-0.4, -0.2) is 23.0 Å². The van der Waals surface area contributed by atoms with Gasteiger partial charge in [-0.05, 0) is 48.9 Å². The van der Waals surface area contributed by atoms with E-state index < -0.39 is 24.0 Å². The minimum atomic E-state index is -0.976. The molecule has 0 saturated carbocycles. The molecule has 3 aromatic rings. The van der Waals surface area contributed by atoms with Crippen molar-refractivity contribution in [1.29, 1.82) is 0 Å². The zero-order valence-electron chi connectivity index (χ0n) is 16.6. The number of benzene rings is 3. The van der Waals surface area contributed by atoms with Gasteiger partial charge in [-0.15, -0.1) is 0 Å². The Morgan fingerprint density at radius 3 is 2.39 bits per heavy atom. The number of nitrogens with zero attached hydrogens (tertiary/aromatic N) is 2. The van der Waals surface area contributed by atoms with Crippen molar-refractivity contribution < 1.29 is 19.5 Å². The van der Waals surface area contributed by atoms with Gasteiger partial charge in [-0.1, -0.05) is 52.3 Å². The molecule has 3 aromatic carbocycles. The van der Waals surface area contributed by atoms with Crippen molar-refractivity contribution in [2.24, 2.45) is 5.92 Å². The summed E-state index contributed by atoms with van der Waals surface area (Å²) in [4.78, 5) is 34.3. The summed E-state index contributed by atoms with van der Waals surface area (Å²) in [7, 11) is 0. The third-order valence-electron chi connectivity index (χ3n) is 5.79. The highest BCUT2D eigenvalue weighted by Gasteiger charge is 2.60. The number of phenols is 1. The summed E-state index contributed by atoms with van der Waals surface area (Å²) in [5.74, 6) is -1.50. The number of hydrogen-bond donors (Lipinski definition) is 1. The lowest BCUT2D eigenvalue weighted by atomic mass is 9.90. The van der Waals surface area contributed by atoms with Crippen LogP contribution in [0.1, 0.15) is 17.2 Å². The number of hydroxylamine groups is 1. The molecule has 1 N–H and O–H groups in total. The van der Waals surface area contributed by atoms with E-state index in [2.05, 4.69) is 15.9 Å². The molecule has 5 rings (SSSR count). The number of anilines is 2. The van der Waals surface area contributed by atoms with Gasteiger partial charge < -0.3 is 5.11 Å². The number of aryl methyl sites for hydroxylation is 1. The number of halogens is 1. The Hall–Kier alpha value is -3.16. The zero-order valence-corrected chi connectivity index (χ0v) is 18.2. The van der Waals surface area contributed by atoms with Crippen molar-refractivity contribution in [3.8, 4) is 5.75 Å². The largest absolute Gasteiger partial charge is 0.508 e. The monoisotopic (exact) mass is 478 g/mol. The van der Waals surface area contributed by atoms with Crippen molar-refractivity contribution in [3.63, 3.8) is 0 Å². The average Bonchev–Trinajstić information content (AvgIpc) is 3.27. The molecular formula is C24H19BrN2O4. The smallest absolute Gasteiger partial charge is 0.266 e. The second-order valence-corrected chi connectivity index (χ2v) is 8.58. The molecule has 2 amide bonds. The summed E-state index contributed by atoms with van der Waals surface area (Å²) in [6.45, 7) is 1.86. The normalized spacial score (nSPS) is 22.8. The fourth-order valence-electron chi connectivity index (χ4n) is 4.34. The van der Waals surface area contributed by atoms with Crippen LogP contribution in [-0.2, 0) is 14.4 Å². The number of carbonyl (C=O) groups excluding carboxylic acids is 2. The van der Waals surface area contributed by atoms with E-state index in [-0.39, 0.29) is 11.7 Å². The van der Waals surface area contributed by atoms with Crippen LogP contribution in [0.3, 0.4) is 0 Å². The lowest BCUT2D eigenvalue weighted by Gasteiger charge is -2.29. The number of fused-ring (bicyclic) bond motifs is 1. The van der Waals surface area contributed by atoms with E-state index in [1.807, 2.05) is 49.4 Å². The molecule has 0 spiro atoms. The molecule has 2 aliphatic heterocycles. The van der Waals surface area contributed by atoms with Crippen LogP contribution >= 0.6 is 15.9 Å². The highest BCUT2D eigenvalue weighted by Crippen LogP contribution is 2.49. The predicted molar refractivity (Wildman–Crippen MR) is 120 cm³/mol. The van der Waals surface area contributed by atoms with Crippen molar-refractivity contribution in [2.45, 2.75) is 19.1 Å². The summed E-state index contributed by atoms with van der Waals surface area (Å²) in [5.41, 5.74) is 2.59. The average molecular weight is 479 g/mol. The standard InChI is InChI=1S/C24H19BrN2O4/c1-14-7-5-6-10-18(14)26-23(29)20-21(17-13-15(25)11-12-19(17)28)27(31-22(20)24(26)30)16-8-3-2-4-9-16/h2-13,20-22,28H,1H3/t20-,21-,22-/m0/s1. The van der Waals surface area contributed by atoms with Crippen LogP contribution in [0, 0.1) is 12.8 Å². The molecule has 2 fully saturated rings. The highest BCUT2D eigenvalue weighted by molar-refractivity contribution is 9.10. The van der Waals surface area contributed by atoms with Gasteiger partial charge in [0.15, 0.2) is 6.10 Å². The number of para-hydroxylation sites is 2. The van der Waals surface area contributed by atoms with Crippen LogP contribution < -0.4 is 9.96 Å². The van der Waals surface area contributed by atoms with E-state index >= 15 is 0 Å². The van der Waals surface area contributed by atoms with E-state index in [0.29, 0.717) is 16.9 Å². The molecule has 7 heteroatoms. The van der Waals surface area contributed by atoms with E-state index in [1.165, 1.54) is 4.90 Å². The predicted octanol–water partition coefficient (Wildman–Crippen LogP) is 4.51. The van der Waals surface area contributed by atoms with Crippen molar-refractivity contribution in [2.75, 3.05) is 9.96 Å². The van der Waals surface area contributed by atoms with E-state index in [1.54, 1.807) is 35.4 Å². The first kappa shape index (κ1) is 19.8. The van der Waals surface area contributed by atoms with Crippen molar-refractivity contribution in [1.82, 2.24) is 0 Å². The molecule has 3 atom stereocenters. The molecule has 0 aliphatic carbocycles. The Balaban J connectivity index is 1.64. The lowest BCUT2D eigenvalue weighted by molar-refractivity contribution is -0.126. The van der Waals surface area contributed by atoms with Crippen LogP contribution in [0.2, 0.25) is 0 Å². The van der Waals surface area contributed by atoms with Crippen molar-refractivity contribution in [3.05, 3.63) is 88.4 Å². The van der Waals surface area contributed by atoms with E-state index in [4.69, 9.17) is 4.84 Å². The first-order valence-electron chi connectivity index (χ1n) is 9.90. The number of phenolic OH excluding ortho intramolecular Hbond substituents is 1. The fraction of sp³-hybridized carbons (Fsp3) is 0.167. The maximum Gasteiger partial charge on any atom is 0.266 e. The lowest BCUT2D eigenvalue weighted by Crippen LogP contribution is -2.37. The molecular weight excluding hydrogens is 460 g/mol. The fourth-order valence-corrected chi connectivity index (χ4v) is 4.72. The summed E-state index contributed by atoms with van der Waals surface area (Å²) in [5, 5.41) is 12.2. The molecule has 2 aliphatic rings. The van der Waals surface area contributed by atoms with Gasteiger partial charge in [0.1, 0.15) is 11.7 Å². The Bertz CT molecular complexity index is 1180. The Morgan fingerprint density at radius 1 is 0.935 bits per heavy atom. The summed E-state index contributed by atoms with van der Waals surface area (Å²) in [6.07, 6.45) is -0.976. The van der Waals surface area contributed by atoms with Crippen molar-refractivity contribution >= 4 is 39.1 Å². The second kappa shape index (κ2) is 7.51. The molecule has 2 heterocycles. The number of hydrogen-bond acceptors (Lipinski definition) is 5. The van der Waals surface area contributed by atoms with Crippen LogP contribution in [0.15, 0.2) is 77.3 Å². The highest BCUT2D eigenvalue weighted by atomic mass is 79.9. The van der Waals surface area contributed by atoms with Gasteiger partial charge in [0.05, 0.1) is 17.4 Å². The zero-order chi connectivity index (χ0) is 21.7. The molecule has 31 heavy (non-hydrogen) atoms. The van der Waals surface area contributed by atoms with Crippen LogP contribution in [0.5, 0.6) is 5.75 Å². The van der Waals surface area contributed by atoms with Gasteiger partial charge in [0.25, 0.3) is 5.91 Å². The van der Waals surface area contributed by atoms with E-state index in [0.717, 1.165) is 10.0 Å². The van der Waals surface area contributed by atoms with Gasteiger partial charge in [0, 0.05) is 10.0 Å². The summed E-state index contributed by atoms with van der Waals surface area (Å²) >= 11 is 3.44. The SMILES string of the molecule is Cc1ccccc1N1C(=O)[C@@H]2[C@H](ON(c3ccccc3)[C@H]2c2cc(Br)ccc2O)C1=O. The first-order chi connectivity index (χ1) is 15.0. The quantitative estimate of drug-likeness (QED) is 0.560. The Kier molecular flexibility index (Phi) is 4.79. The van der Waals surface area contributed by atoms with Gasteiger partial charge >= 0.3 is 0 Å². The van der Waals surface area contributed by atoms with Crippen LogP contribution in [0.25, 0.3) is 0 Å². The molecule has 0 bridgehead atoms. The number of rotatable bonds is 3. The van der Waals surface area contributed by atoms with Gasteiger partial charge in [-0.25, -0.2) is 9.96 Å². The van der Waals surface area contributed by atoms with Crippen LogP contribution in [0.4, 0.5) is 11.4 Å². The molecule has 0 aromatic heterocycles. The summed E-state index contributed by atoms with van der Waals surface area (Å²) in [6, 6.07) is 20.9. The third kappa shape index (κ3) is 3.12. The van der Waals surface area contributed by atoms with Gasteiger partial charge in [-0.2, -0.15) is 0 Å².